The van der Waals surface area contributed by atoms with Gasteiger partial charge in [0.15, 0.2) is 0 Å². The molecular weight excluding hydrogens is 220 g/mol. The Morgan fingerprint density at radius 1 is 1.06 bits per heavy atom. The third-order valence-corrected chi connectivity index (χ3v) is 4.69. The van der Waals surface area contributed by atoms with Crippen molar-refractivity contribution in [2.45, 2.75) is 32.2 Å². The lowest BCUT2D eigenvalue weighted by Crippen LogP contribution is -2.51. The lowest BCUT2D eigenvalue weighted by molar-refractivity contribution is 0.0927. The van der Waals surface area contributed by atoms with Gasteiger partial charge in [0.05, 0.1) is 0 Å². The molecule has 0 bridgehead atoms. The van der Waals surface area contributed by atoms with Gasteiger partial charge in [-0.2, -0.15) is 0 Å². The van der Waals surface area contributed by atoms with Crippen molar-refractivity contribution in [3.05, 3.63) is 35.4 Å². The van der Waals surface area contributed by atoms with Gasteiger partial charge in [-0.15, -0.1) is 0 Å². The molecule has 1 saturated heterocycles. The molecule has 1 aliphatic carbocycles. The highest BCUT2D eigenvalue weighted by Gasteiger charge is 2.26. The number of hydrogen-bond donors (Lipinski definition) is 0. The van der Waals surface area contributed by atoms with E-state index in [-0.39, 0.29) is 0 Å². The molecule has 0 saturated carbocycles. The zero-order chi connectivity index (χ0) is 12.4. The number of benzene rings is 1. The molecule has 2 nitrogen and oxygen atoms in total. The van der Waals surface area contributed by atoms with Gasteiger partial charge in [0.1, 0.15) is 0 Å². The van der Waals surface area contributed by atoms with Crippen molar-refractivity contribution in [3.8, 4) is 0 Å². The Labute approximate surface area is 111 Å². The number of hydrogen-bond acceptors (Lipinski definition) is 2. The van der Waals surface area contributed by atoms with Crippen LogP contribution in [0.4, 0.5) is 0 Å². The molecule has 1 aromatic rings. The highest BCUT2D eigenvalue weighted by Crippen LogP contribution is 2.25. The third-order valence-electron chi connectivity index (χ3n) is 4.69. The first-order valence-electron chi connectivity index (χ1n) is 7.40. The van der Waals surface area contributed by atoms with Crippen LogP contribution >= 0.6 is 0 Å². The van der Waals surface area contributed by atoms with Crippen molar-refractivity contribution < 1.29 is 0 Å². The SMILES string of the molecule is CCN1CCN([C@H]2CCc3ccccc3C2)CC1. The van der Waals surface area contributed by atoms with Gasteiger partial charge in [0.2, 0.25) is 0 Å². The summed E-state index contributed by atoms with van der Waals surface area (Å²) >= 11 is 0. The van der Waals surface area contributed by atoms with Gasteiger partial charge >= 0.3 is 0 Å². The fraction of sp³-hybridized carbons (Fsp3) is 0.625. The van der Waals surface area contributed by atoms with Crippen LogP contribution in [0.5, 0.6) is 0 Å². The first-order valence-corrected chi connectivity index (χ1v) is 7.40. The van der Waals surface area contributed by atoms with Crippen molar-refractivity contribution in [1.82, 2.24) is 9.80 Å². The summed E-state index contributed by atoms with van der Waals surface area (Å²) in [6.07, 6.45) is 3.89. The molecule has 0 aromatic heterocycles. The van der Waals surface area contributed by atoms with E-state index in [9.17, 15) is 0 Å². The van der Waals surface area contributed by atoms with Crippen LogP contribution in [0, 0.1) is 0 Å². The molecule has 0 amide bonds. The highest BCUT2D eigenvalue weighted by atomic mass is 15.3. The molecular formula is C16H24N2. The van der Waals surface area contributed by atoms with E-state index in [2.05, 4.69) is 41.0 Å². The van der Waals surface area contributed by atoms with Gasteiger partial charge in [-0.1, -0.05) is 31.2 Å². The third kappa shape index (κ3) is 2.45. The summed E-state index contributed by atoms with van der Waals surface area (Å²) in [5.41, 5.74) is 3.17. The second-order valence-electron chi connectivity index (χ2n) is 5.64. The van der Waals surface area contributed by atoms with Crippen molar-refractivity contribution in [2.75, 3.05) is 32.7 Å². The highest BCUT2D eigenvalue weighted by molar-refractivity contribution is 5.30. The van der Waals surface area contributed by atoms with Crippen LogP contribution in [0.15, 0.2) is 24.3 Å². The van der Waals surface area contributed by atoms with E-state index < -0.39 is 0 Å². The van der Waals surface area contributed by atoms with E-state index in [1.54, 1.807) is 11.1 Å². The van der Waals surface area contributed by atoms with Gasteiger partial charge in [-0.25, -0.2) is 0 Å². The zero-order valence-electron chi connectivity index (χ0n) is 11.4. The van der Waals surface area contributed by atoms with E-state index in [4.69, 9.17) is 0 Å². The molecule has 2 aliphatic rings. The second-order valence-corrected chi connectivity index (χ2v) is 5.64. The molecule has 1 aromatic carbocycles. The molecule has 1 heterocycles. The average molecular weight is 244 g/mol. The summed E-state index contributed by atoms with van der Waals surface area (Å²) in [5, 5.41) is 0. The summed E-state index contributed by atoms with van der Waals surface area (Å²) in [6.45, 7) is 8.53. The molecule has 0 radical (unpaired) electrons. The zero-order valence-corrected chi connectivity index (χ0v) is 11.4. The maximum absolute atomic E-state index is 2.72. The van der Waals surface area contributed by atoms with Crippen LogP contribution in [0.1, 0.15) is 24.5 Å². The maximum Gasteiger partial charge on any atom is 0.0140 e. The van der Waals surface area contributed by atoms with Crippen LogP contribution < -0.4 is 0 Å². The van der Waals surface area contributed by atoms with Crippen molar-refractivity contribution in [2.24, 2.45) is 0 Å². The molecule has 0 N–H and O–H groups in total. The second kappa shape index (κ2) is 5.41. The molecule has 1 fully saturated rings. The van der Waals surface area contributed by atoms with Crippen molar-refractivity contribution in [1.29, 1.82) is 0 Å². The van der Waals surface area contributed by atoms with E-state index in [0.717, 1.165) is 6.04 Å². The fourth-order valence-electron chi connectivity index (χ4n) is 3.43. The Bertz CT molecular complexity index is 394. The molecule has 2 heteroatoms. The minimum absolute atomic E-state index is 0.791. The van der Waals surface area contributed by atoms with Crippen LogP contribution in [-0.4, -0.2) is 48.6 Å². The Morgan fingerprint density at radius 3 is 2.50 bits per heavy atom. The van der Waals surface area contributed by atoms with Crippen LogP contribution in [0.2, 0.25) is 0 Å². The first kappa shape index (κ1) is 12.2. The topological polar surface area (TPSA) is 6.48 Å². The van der Waals surface area contributed by atoms with Crippen LogP contribution in [-0.2, 0) is 12.8 Å². The number of nitrogens with zero attached hydrogens (tertiary/aromatic N) is 2. The monoisotopic (exact) mass is 244 g/mol. The minimum atomic E-state index is 0.791. The normalized spacial score (nSPS) is 25.9. The van der Waals surface area contributed by atoms with Gasteiger partial charge in [0.25, 0.3) is 0 Å². The maximum atomic E-state index is 2.72. The van der Waals surface area contributed by atoms with E-state index >= 15 is 0 Å². The number of fused-ring (bicyclic) bond motifs is 1. The quantitative estimate of drug-likeness (QED) is 0.787. The predicted octanol–water partition coefficient (Wildman–Crippen LogP) is 2.18. The van der Waals surface area contributed by atoms with Crippen molar-refractivity contribution >= 4 is 0 Å². The summed E-state index contributed by atoms with van der Waals surface area (Å²) in [7, 11) is 0. The average Bonchev–Trinajstić information content (AvgIpc) is 2.47. The molecule has 98 valence electrons. The molecule has 1 aliphatic heterocycles. The first-order chi connectivity index (χ1) is 8.86. The number of aryl methyl sites for hydroxylation is 1. The predicted molar refractivity (Wildman–Crippen MR) is 75.9 cm³/mol. The van der Waals surface area contributed by atoms with Crippen LogP contribution in [0.25, 0.3) is 0 Å². The molecule has 1 atom stereocenters. The lowest BCUT2D eigenvalue weighted by atomic mass is 9.87. The van der Waals surface area contributed by atoms with Crippen molar-refractivity contribution in [3.63, 3.8) is 0 Å². The Morgan fingerprint density at radius 2 is 1.78 bits per heavy atom. The molecule has 0 unspecified atom stereocenters. The molecule has 3 rings (SSSR count). The summed E-state index contributed by atoms with van der Waals surface area (Å²) in [6, 6.07) is 9.79. The minimum Gasteiger partial charge on any atom is -0.301 e. The smallest absolute Gasteiger partial charge is 0.0140 e. The Kier molecular flexibility index (Phi) is 3.67. The summed E-state index contributed by atoms with van der Waals surface area (Å²) in [5.74, 6) is 0. The van der Waals surface area contributed by atoms with Gasteiger partial charge in [0, 0.05) is 32.2 Å². The standard InChI is InChI=1S/C16H24N2/c1-2-17-9-11-18(12-10-17)16-8-7-14-5-3-4-6-15(14)13-16/h3-6,16H,2,7-13H2,1H3/t16-/m0/s1. The largest absolute Gasteiger partial charge is 0.301 e. The Balaban J connectivity index is 1.63. The fourth-order valence-corrected chi connectivity index (χ4v) is 3.43. The van der Waals surface area contributed by atoms with Gasteiger partial charge < -0.3 is 4.90 Å². The van der Waals surface area contributed by atoms with E-state index in [1.807, 2.05) is 0 Å². The van der Waals surface area contributed by atoms with Crippen LogP contribution in [0.3, 0.4) is 0 Å². The summed E-state index contributed by atoms with van der Waals surface area (Å²) in [4.78, 5) is 5.29. The molecule has 0 spiro atoms. The Hall–Kier alpha value is -0.860. The van der Waals surface area contributed by atoms with Gasteiger partial charge in [-0.05, 0) is 36.9 Å². The van der Waals surface area contributed by atoms with E-state index in [1.165, 1.54) is 52.0 Å². The number of likely N-dealkylation sites (N-methyl/N-ethyl adjacent to an activating group) is 1. The lowest BCUT2D eigenvalue weighted by Gasteiger charge is -2.40. The number of rotatable bonds is 2. The summed E-state index contributed by atoms with van der Waals surface area (Å²) < 4.78 is 0. The molecule has 18 heavy (non-hydrogen) atoms. The number of piperazine rings is 1. The van der Waals surface area contributed by atoms with Gasteiger partial charge in [-0.3, -0.25) is 4.90 Å². The van der Waals surface area contributed by atoms with E-state index in [0.29, 0.717) is 0 Å².